The minimum atomic E-state index is -4.31. The van der Waals surface area contributed by atoms with Gasteiger partial charge in [-0.05, 0) is 57.4 Å². The SMILES string of the molecule is CCC/C=C\C/C=C\C/C=C\C/C=C\C/C=C\CCC(=O)OC(CO/C=C/CCCCCCCCCCCCCCCC)COP(=O)(O)OCCN. The van der Waals surface area contributed by atoms with Gasteiger partial charge in [-0.3, -0.25) is 13.8 Å². The standard InChI is InChI=1S/C43H76NO7P/c1-3-5-7-9-11-13-15-17-19-21-22-24-26-28-30-32-34-36-43(45)51-42(41-50-52(46,47)49-39-37-44)40-48-38-35-33-31-29-27-25-23-20-18-16-14-12-10-8-6-4-2/h7,9,13,15,19,21,24,26,30,32,35,38,42H,3-6,8,10-12,14,16-18,20,22-23,25,27-29,31,33-34,36-37,39-41,44H2,1-2H3,(H,46,47)/b9-7-,15-13-,21-19-,26-24-,32-30-,38-35+. The smallest absolute Gasteiger partial charge is 0.472 e. The van der Waals surface area contributed by atoms with Crippen molar-refractivity contribution >= 4 is 13.8 Å². The summed E-state index contributed by atoms with van der Waals surface area (Å²) in [5.74, 6) is -0.435. The molecule has 0 aromatic carbocycles. The third-order valence-electron chi connectivity index (χ3n) is 8.19. The molecule has 0 aliphatic rings. The molecule has 0 saturated heterocycles. The second-order valence-corrected chi connectivity index (χ2v) is 14.7. The van der Waals surface area contributed by atoms with Crippen LogP contribution in [0.5, 0.6) is 0 Å². The van der Waals surface area contributed by atoms with Crippen LogP contribution in [0.2, 0.25) is 0 Å². The molecule has 9 heteroatoms. The molecule has 0 heterocycles. The number of allylic oxidation sites excluding steroid dienone is 11. The summed E-state index contributed by atoms with van der Waals surface area (Å²) in [6, 6.07) is 0. The zero-order valence-corrected chi connectivity index (χ0v) is 33.9. The molecule has 0 aromatic rings. The van der Waals surface area contributed by atoms with Gasteiger partial charge in [0.1, 0.15) is 6.61 Å². The van der Waals surface area contributed by atoms with Crippen molar-refractivity contribution < 1.29 is 32.8 Å². The Bertz CT molecular complexity index is 1020. The van der Waals surface area contributed by atoms with Gasteiger partial charge in [-0.2, -0.15) is 0 Å². The highest BCUT2D eigenvalue weighted by Crippen LogP contribution is 2.43. The van der Waals surface area contributed by atoms with E-state index in [0.29, 0.717) is 6.42 Å². The van der Waals surface area contributed by atoms with Crippen LogP contribution in [0.3, 0.4) is 0 Å². The van der Waals surface area contributed by atoms with E-state index in [1.54, 1.807) is 6.26 Å². The van der Waals surface area contributed by atoms with Gasteiger partial charge in [0.25, 0.3) is 0 Å². The third kappa shape index (κ3) is 39.0. The zero-order chi connectivity index (χ0) is 38.1. The Balaban J connectivity index is 4.25. The highest BCUT2D eigenvalue weighted by molar-refractivity contribution is 7.47. The number of nitrogens with two attached hydrogens (primary N) is 1. The zero-order valence-electron chi connectivity index (χ0n) is 33.0. The second-order valence-electron chi connectivity index (χ2n) is 13.2. The fourth-order valence-corrected chi connectivity index (χ4v) is 5.95. The largest absolute Gasteiger partial charge is 0.498 e. The van der Waals surface area contributed by atoms with Crippen molar-refractivity contribution in [1.29, 1.82) is 0 Å². The Kier molecular flexibility index (Phi) is 38.3. The van der Waals surface area contributed by atoms with Crippen molar-refractivity contribution in [3.63, 3.8) is 0 Å². The number of phosphoric ester groups is 1. The highest BCUT2D eigenvalue weighted by Gasteiger charge is 2.25. The Hall–Kier alpha value is -2.22. The van der Waals surface area contributed by atoms with Crippen molar-refractivity contribution in [2.45, 2.75) is 168 Å². The molecule has 0 radical (unpaired) electrons. The number of rotatable bonds is 38. The molecule has 52 heavy (non-hydrogen) atoms. The molecule has 0 bridgehead atoms. The number of ether oxygens (including phenoxy) is 2. The maximum atomic E-state index is 12.5. The summed E-state index contributed by atoms with van der Waals surface area (Å²) in [5.41, 5.74) is 5.35. The molecule has 8 nitrogen and oxygen atoms in total. The lowest BCUT2D eigenvalue weighted by molar-refractivity contribution is -0.153. The number of carbonyl (C=O) groups is 1. The first-order chi connectivity index (χ1) is 25.4. The fraction of sp³-hybridized carbons (Fsp3) is 0.698. The van der Waals surface area contributed by atoms with Crippen LogP contribution < -0.4 is 5.73 Å². The lowest BCUT2D eigenvalue weighted by Gasteiger charge is -2.19. The summed E-state index contributed by atoms with van der Waals surface area (Å²) in [7, 11) is -4.31. The molecular weight excluding hydrogens is 673 g/mol. The molecule has 0 aliphatic carbocycles. The molecule has 0 spiro atoms. The minimum absolute atomic E-state index is 0.000369. The normalized spacial score (nSPS) is 14.2. The van der Waals surface area contributed by atoms with E-state index in [2.05, 4.69) is 62.5 Å². The highest BCUT2D eigenvalue weighted by atomic mass is 31.2. The summed E-state index contributed by atoms with van der Waals surface area (Å²) in [4.78, 5) is 22.4. The van der Waals surface area contributed by atoms with Crippen LogP contribution in [-0.4, -0.2) is 43.3 Å². The van der Waals surface area contributed by atoms with E-state index in [-0.39, 0.29) is 32.8 Å². The van der Waals surface area contributed by atoms with Crippen molar-refractivity contribution in [2.75, 3.05) is 26.4 Å². The third-order valence-corrected chi connectivity index (χ3v) is 9.17. The molecule has 2 atom stereocenters. The summed E-state index contributed by atoms with van der Waals surface area (Å²) >= 11 is 0. The maximum absolute atomic E-state index is 12.5. The Morgan fingerprint density at radius 3 is 1.58 bits per heavy atom. The molecule has 0 amide bonds. The quantitative estimate of drug-likeness (QED) is 0.0211. The van der Waals surface area contributed by atoms with Crippen molar-refractivity contribution in [3.8, 4) is 0 Å². The fourth-order valence-electron chi connectivity index (χ4n) is 5.19. The van der Waals surface area contributed by atoms with Crippen LogP contribution in [-0.2, 0) is 27.9 Å². The van der Waals surface area contributed by atoms with Gasteiger partial charge >= 0.3 is 13.8 Å². The molecule has 3 N–H and O–H groups in total. The van der Waals surface area contributed by atoms with E-state index < -0.39 is 19.9 Å². The van der Waals surface area contributed by atoms with Crippen molar-refractivity contribution in [1.82, 2.24) is 0 Å². The number of phosphoric acid groups is 1. The topological polar surface area (TPSA) is 117 Å². The van der Waals surface area contributed by atoms with Crippen LogP contribution >= 0.6 is 7.82 Å². The number of hydrogen-bond donors (Lipinski definition) is 2. The first-order valence-corrected chi connectivity index (χ1v) is 22.0. The summed E-state index contributed by atoms with van der Waals surface area (Å²) < 4.78 is 33.0. The van der Waals surface area contributed by atoms with Gasteiger partial charge in [0, 0.05) is 13.0 Å². The van der Waals surface area contributed by atoms with Crippen molar-refractivity contribution in [3.05, 3.63) is 73.1 Å². The molecule has 2 unspecified atom stereocenters. The van der Waals surface area contributed by atoms with Gasteiger partial charge in [0.05, 0.1) is 19.5 Å². The Morgan fingerprint density at radius 1 is 0.596 bits per heavy atom. The number of hydrogen-bond acceptors (Lipinski definition) is 7. The predicted octanol–water partition coefficient (Wildman–Crippen LogP) is 12.3. The Labute approximate surface area is 318 Å². The molecule has 0 saturated carbocycles. The van der Waals surface area contributed by atoms with Gasteiger partial charge in [-0.25, -0.2) is 4.57 Å². The first kappa shape index (κ1) is 49.8. The van der Waals surface area contributed by atoms with Crippen LogP contribution in [0.25, 0.3) is 0 Å². The van der Waals surface area contributed by atoms with Crippen LogP contribution in [0.15, 0.2) is 73.1 Å². The predicted molar refractivity (Wildman–Crippen MR) is 219 cm³/mol. The van der Waals surface area contributed by atoms with Crippen LogP contribution in [0.1, 0.15) is 162 Å². The second kappa shape index (κ2) is 40.0. The summed E-state index contributed by atoms with van der Waals surface area (Å²) in [6.45, 7) is 4.07. The lowest BCUT2D eigenvalue weighted by atomic mass is 10.0. The number of esters is 1. The van der Waals surface area contributed by atoms with Gasteiger partial charge in [-0.1, -0.05) is 164 Å². The van der Waals surface area contributed by atoms with Gasteiger partial charge < -0.3 is 20.1 Å². The molecule has 0 rings (SSSR count). The van der Waals surface area contributed by atoms with Gasteiger partial charge in [0.2, 0.25) is 0 Å². The van der Waals surface area contributed by atoms with Gasteiger partial charge in [0.15, 0.2) is 6.10 Å². The van der Waals surface area contributed by atoms with E-state index in [0.717, 1.165) is 44.9 Å². The van der Waals surface area contributed by atoms with E-state index in [4.69, 9.17) is 24.3 Å². The maximum Gasteiger partial charge on any atom is 0.472 e. The van der Waals surface area contributed by atoms with Crippen LogP contribution in [0.4, 0.5) is 0 Å². The average molecular weight is 750 g/mol. The summed E-state index contributed by atoms with van der Waals surface area (Å²) in [6.07, 6.45) is 50.2. The molecule has 0 fully saturated rings. The molecule has 0 aliphatic heterocycles. The first-order valence-electron chi connectivity index (χ1n) is 20.5. The molecular formula is C43H76NO7P. The summed E-state index contributed by atoms with van der Waals surface area (Å²) in [5, 5.41) is 0. The minimum Gasteiger partial charge on any atom is -0.498 e. The monoisotopic (exact) mass is 750 g/mol. The number of carbonyl (C=O) groups excluding carboxylic acids is 1. The van der Waals surface area contributed by atoms with E-state index in [1.165, 1.54) is 89.9 Å². The average Bonchev–Trinajstić information content (AvgIpc) is 3.13. The molecule has 300 valence electrons. The van der Waals surface area contributed by atoms with E-state index in [1.807, 2.05) is 18.2 Å². The van der Waals surface area contributed by atoms with Gasteiger partial charge in [-0.15, -0.1) is 0 Å². The number of unbranched alkanes of at least 4 members (excludes halogenated alkanes) is 15. The Morgan fingerprint density at radius 2 is 1.08 bits per heavy atom. The lowest BCUT2D eigenvalue weighted by Crippen LogP contribution is -2.27. The van der Waals surface area contributed by atoms with E-state index >= 15 is 0 Å². The van der Waals surface area contributed by atoms with E-state index in [9.17, 15) is 14.3 Å². The van der Waals surface area contributed by atoms with Crippen molar-refractivity contribution in [2.24, 2.45) is 5.73 Å². The molecule has 0 aromatic heterocycles. The van der Waals surface area contributed by atoms with Crippen LogP contribution in [0, 0.1) is 0 Å².